The highest BCUT2D eigenvalue weighted by molar-refractivity contribution is 7.10. The maximum Gasteiger partial charge on any atom is 0.254 e. The number of H-pyrrole nitrogens is 1. The van der Waals surface area contributed by atoms with Crippen molar-refractivity contribution in [3.05, 3.63) is 49.8 Å². The quantitative estimate of drug-likeness (QED) is 0.811. The molecule has 30 heavy (non-hydrogen) atoms. The van der Waals surface area contributed by atoms with Crippen LogP contribution in [-0.2, 0) is 29.0 Å². The summed E-state index contributed by atoms with van der Waals surface area (Å²) in [6.07, 6.45) is 4.87. The molecule has 0 aromatic carbocycles. The molecule has 2 amide bonds. The van der Waals surface area contributed by atoms with Gasteiger partial charge in [0.15, 0.2) is 0 Å². The largest absolute Gasteiger partial charge is 0.342 e. The number of carbonyl (C=O) groups is 2. The molecule has 1 saturated carbocycles. The lowest BCUT2D eigenvalue weighted by Crippen LogP contribution is -2.43. The number of carbonyl (C=O) groups excluding carboxylic acids is 2. The van der Waals surface area contributed by atoms with Crippen molar-refractivity contribution in [2.24, 2.45) is 5.92 Å². The van der Waals surface area contributed by atoms with E-state index in [-0.39, 0.29) is 29.2 Å². The zero-order chi connectivity index (χ0) is 20.7. The Hall–Kier alpha value is -2.48. The number of nitrogens with zero attached hydrogens (tertiary/aromatic N) is 3. The molecular weight excluding hydrogens is 400 g/mol. The summed E-state index contributed by atoms with van der Waals surface area (Å²) in [5.41, 5.74) is 1.35. The molecule has 8 heteroatoms. The van der Waals surface area contributed by atoms with Gasteiger partial charge in [0.2, 0.25) is 11.8 Å². The van der Waals surface area contributed by atoms with Crippen LogP contribution >= 0.6 is 11.3 Å². The number of hydrogen-bond acceptors (Lipinski definition) is 5. The molecular formula is C22H26N4O3S. The monoisotopic (exact) mass is 426 g/mol. The van der Waals surface area contributed by atoms with Crippen LogP contribution in [0.3, 0.4) is 0 Å². The second-order valence-electron chi connectivity index (χ2n) is 8.60. The number of aromatic nitrogens is 2. The fourth-order valence-corrected chi connectivity index (χ4v) is 5.33. The van der Waals surface area contributed by atoms with Crippen LogP contribution in [-0.4, -0.2) is 51.2 Å². The maximum absolute atomic E-state index is 12.7. The molecule has 0 unspecified atom stereocenters. The molecule has 2 aliphatic heterocycles. The Kier molecular flexibility index (Phi) is 5.18. The van der Waals surface area contributed by atoms with E-state index in [1.54, 1.807) is 11.3 Å². The molecule has 158 valence electrons. The summed E-state index contributed by atoms with van der Waals surface area (Å²) >= 11 is 1.60. The van der Waals surface area contributed by atoms with Crippen LogP contribution in [0.4, 0.5) is 0 Å². The van der Waals surface area contributed by atoms with Crippen molar-refractivity contribution in [3.63, 3.8) is 0 Å². The lowest BCUT2D eigenvalue weighted by atomic mass is 9.84. The van der Waals surface area contributed by atoms with Gasteiger partial charge in [0, 0.05) is 41.9 Å². The Bertz CT molecular complexity index is 1010. The Balaban J connectivity index is 1.29. The summed E-state index contributed by atoms with van der Waals surface area (Å²) in [6, 6.07) is 3.94. The van der Waals surface area contributed by atoms with Gasteiger partial charge in [-0.05, 0) is 37.1 Å². The number of amides is 2. The summed E-state index contributed by atoms with van der Waals surface area (Å²) in [5, 5.41) is 1.98. The summed E-state index contributed by atoms with van der Waals surface area (Å²) in [7, 11) is 0. The number of thiophene rings is 1. The number of hydrogen-bond donors (Lipinski definition) is 1. The third-order valence-electron chi connectivity index (χ3n) is 6.69. The Morgan fingerprint density at radius 3 is 2.80 bits per heavy atom. The first kappa shape index (κ1) is 19.5. The van der Waals surface area contributed by atoms with Crippen molar-refractivity contribution in [1.29, 1.82) is 0 Å². The van der Waals surface area contributed by atoms with Gasteiger partial charge in [-0.2, -0.15) is 0 Å². The van der Waals surface area contributed by atoms with Gasteiger partial charge in [0.1, 0.15) is 5.82 Å². The van der Waals surface area contributed by atoms with Crippen molar-refractivity contribution in [3.8, 4) is 0 Å². The average molecular weight is 427 g/mol. The van der Waals surface area contributed by atoms with Gasteiger partial charge >= 0.3 is 0 Å². The number of rotatable bonds is 4. The molecule has 1 aliphatic carbocycles. The topological polar surface area (TPSA) is 86.4 Å². The fraction of sp³-hybridized carbons (Fsp3) is 0.545. The number of fused-ring (bicyclic) bond motifs is 1. The lowest BCUT2D eigenvalue weighted by molar-refractivity contribution is -0.139. The smallest absolute Gasteiger partial charge is 0.254 e. The molecule has 1 atom stereocenters. The van der Waals surface area contributed by atoms with E-state index in [1.165, 1.54) is 0 Å². The Labute approximate surface area is 179 Å². The van der Waals surface area contributed by atoms with Crippen LogP contribution in [0.1, 0.15) is 53.6 Å². The Morgan fingerprint density at radius 2 is 2.07 bits per heavy atom. The second-order valence-corrected chi connectivity index (χ2v) is 9.63. The third kappa shape index (κ3) is 3.69. The van der Waals surface area contributed by atoms with Crippen molar-refractivity contribution in [2.75, 3.05) is 19.6 Å². The predicted octanol–water partition coefficient (Wildman–Crippen LogP) is 2.07. The zero-order valence-electron chi connectivity index (χ0n) is 16.9. The highest BCUT2D eigenvalue weighted by atomic mass is 32.1. The minimum atomic E-state index is -0.0888. The number of aromatic amines is 1. The van der Waals surface area contributed by atoms with E-state index >= 15 is 0 Å². The Morgan fingerprint density at radius 1 is 1.20 bits per heavy atom. The van der Waals surface area contributed by atoms with Crippen LogP contribution in [0, 0.1) is 5.92 Å². The van der Waals surface area contributed by atoms with Crippen molar-refractivity contribution < 1.29 is 9.59 Å². The van der Waals surface area contributed by atoms with Gasteiger partial charge in [0.25, 0.3) is 5.56 Å². The first-order valence-electron chi connectivity index (χ1n) is 10.8. The summed E-state index contributed by atoms with van der Waals surface area (Å²) in [5.74, 6) is 1.18. The highest BCUT2D eigenvalue weighted by Crippen LogP contribution is 2.30. The average Bonchev–Trinajstić information content (AvgIpc) is 3.38. The molecule has 1 saturated heterocycles. The molecule has 2 aromatic heterocycles. The molecule has 4 heterocycles. The SMILES string of the molecule is O=C(Cc1cccs1)N1CC[C@H](c2nc3c(c(=O)[nH]2)CCN(C(=O)C2CCC2)C3)C1. The van der Waals surface area contributed by atoms with E-state index in [4.69, 9.17) is 4.98 Å². The van der Waals surface area contributed by atoms with Crippen LogP contribution in [0.2, 0.25) is 0 Å². The first-order chi connectivity index (χ1) is 14.6. The minimum absolute atomic E-state index is 0.0352. The van der Waals surface area contributed by atoms with Crippen LogP contribution in [0.15, 0.2) is 22.3 Å². The molecule has 0 spiro atoms. The summed E-state index contributed by atoms with van der Waals surface area (Å²) < 4.78 is 0. The third-order valence-corrected chi connectivity index (χ3v) is 7.57. The van der Waals surface area contributed by atoms with Crippen LogP contribution < -0.4 is 5.56 Å². The van der Waals surface area contributed by atoms with E-state index in [9.17, 15) is 14.4 Å². The fourth-order valence-electron chi connectivity index (χ4n) is 4.64. The molecule has 3 aliphatic rings. The zero-order valence-corrected chi connectivity index (χ0v) is 17.7. The second kappa shape index (κ2) is 7.98. The van der Waals surface area contributed by atoms with Gasteiger partial charge in [0.05, 0.1) is 18.7 Å². The van der Waals surface area contributed by atoms with Crippen molar-refractivity contribution in [1.82, 2.24) is 19.8 Å². The molecule has 1 N–H and O–H groups in total. The van der Waals surface area contributed by atoms with Crippen molar-refractivity contribution >= 4 is 23.2 Å². The number of nitrogens with one attached hydrogen (secondary N) is 1. The lowest BCUT2D eigenvalue weighted by Gasteiger charge is -2.34. The van der Waals surface area contributed by atoms with Crippen molar-refractivity contribution in [2.45, 2.75) is 51.0 Å². The predicted molar refractivity (Wildman–Crippen MR) is 113 cm³/mol. The maximum atomic E-state index is 12.7. The number of likely N-dealkylation sites (tertiary alicyclic amines) is 1. The minimum Gasteiger partial charge on any atom is -0.342 e. The van der Waals surface area contributed by atoms with E-state index in [0.29, 0.717) is 50.4 Å². The van der Waals surface area contributed by atoms with Crippen LogP contribution in [0.25, 0.3) is 0 Å². The van der Waals surface area contributed by atoms with E-state index in [0.717, 1.165) is 36.3 Å². The molecule has 5 rings (SSSR count). The standard InChI is InChI=1S/C22H26N4O3S/c27-19(11-16-5-2-10-30-16)25-8-6-15(12-25)20-23-18-13-26(22(29)14-3-1-4-14)9-7-17(18)21(28)24-20/h2,5,10,14-15H,1,3-4,6-9,11-13H2,(H,23,24,28)/t15-/m0/s1. The van der Waals surface area contributed by atoms with Gasteiger partial charge < -0.3 is 14.8 Å². The molecule has 2 aromatic rings. The molecule has 0 bridgehead atoms. The van der Waals surface area contributed by atoms with Crippen LogP contribution in [0.5, 0.6) is 0 Å². The summed E-state index contributed by atoms with van der Waals surface area (Å²) in [6.45, 7) is 2.29. The molecule has 7 nitrogen and oxygen atoms in total. The first-order valence-corrected chi connectivity index (χ1v) is 11.7. The van der Waals surface area contributed by atoms with Gasteiger partial charge in [-0.1, -0.05) is 12.5 Å². The van der Waals surface area contributed by atoms with Gasteiger partial charge in [-0.15, -0.1) is 11.3 Å². The normalized spacial score (nSPS) is 21.4. The van der Waals surface area contributed by atoms with E-state index in [2.05, 4.69) is 4.98 Å². The molecule has 2 fully saturated rings. The summed E-state index contributed by atoms with van der Waals surface area (Å²) in [4.78, 5) is 50.5. The highest BCUT2D eigenvalue weighted by Gasteiger charge is 2.34. The van der Waals surface area contributed by atoms with E-state index in [1.807, 2.05) is 27.3 Å². The van der Waals surface area contributed by atoms with E-state index < -0.39 is 0 Å². The van der Waals surface area contributed by atoms with Gasteiger partial charge in [-0.3, -0.25) is 14.4 Å². The van der Waals surface area contributed by atoms with Gasteiger partial charge in [-0.25, -0.2) is 4.98 Å². The molecule has 0 radical (unpaired) electrons.